The van der Waals surface area contributed by atoms with Gasteiger partial charge in [0.2, 0.25) is 0 Å². The van der Waals surface area contributed by atoms with Gasteiger partial charge in [-0.2, -0.15) is 0 Å². The van der Waals surface area contributed by atoms with Crippen LogP contribution in [0.1, 0.15) is 23.0 Å². The van der Waals surface area contributed by atoms with Gasteiger partial charge in [-0.3, -0.25) is 9.78 Å². The molecule has 2 heterocycles. The number of ketones is 1. The second-order valence-electron chi connectivity index (χ2n) is 4.44. The Bertz CT molecular complexity index is 794. The van der Waals surface area contributed by atoms with Gasteiger partial charge in [-0.25, -0.2) is 0 Å². The van der Waals surface area contributed by atoms with Crippen molar-refractivity contribution in [2.24, 2.45) is 0 Å². The predicted molar refractivity (Wildman–Crippen MR) is 84.7 cm³/mol. The van der Waals surface area contributed by atoms with Crippen molar-refractivity contribution in [2.75, 3.05) is 0 Å². The number of hydrogen-bond donors (Lipinski definition) is 0. The van der Waals surface area contributed by atoms with E-state index in [-0.39, 0.29) is 5.78 Å². The summed E-state index contributed by atoms with van der Waals surface area (Å²) < 4.78 is 0. The van der Waals surface area contributed by atoms with Crippen LogP contribution in [-0.4, -0.2) is 10.8 Å². The molecule has 100 valence electrons. The molecule has 1 aromatic carbocycles. The number of nitrogens with zero attached hydrogens (tertiary/aromatic N) is 1. The molecule has 0 aliphatic carbocycles. The van der Waals surface area contributed by atoms with Gasteiger partial charge in [-0.15, -0.1) is 11.3 Å². The van der Waals surface area contributed by atoms with Crippen molar-refractivity contribution in [1.82, 2.24) is 4.98 Å². The van der Waals surface area contributed by atoms with E-state index in [1.165, 1.54) is 11.3 Å². The first kappa shape index (κ1) is 13.3. The Morgan fingerprint density at radius 1 is 1.25 bits per heavy atom. The van der Waals surface area contributed by atoms with E-state index >= 15 is 0 Å². The van der Waals surface area contributed by atoms with Crippen LogP contribution < -0.4 is 0 Å². The van der Waals surface area contributed by atoms with Gasteiger partial charge in [-0.05, 0) is 36.4 Å². The Balaban J connectivity index is 2.17. The lowest BCUT2D eigenvalue weighted by molar-refractivity contribution is 0.0992. The van der Waals surface area contributed by atoms with Crippen LogP contribution in [-0.2, 0) is 0 Å². The molecule has 20 heavy (non-hydrogen) atoms. The smallest absolute Gasteiger partial charge is 0.172 e. The molecule has 3 rings (SSSR count). The third kappa shape index (κ3) is 2.23. The van der Waals surface area contributed by atoms with Crippen LogP contribution in [0.5, 0.6) is 0 Å². The number of benzene rings is 1. The van der Waals surface area contributed by atoms with E-state index in [2.05, 4.69) is 4.98 Å². The SMILES string of the molecule is CCC(=O)c1ccc(-c2ccc(Cl)c3cccnc23)s1. The van der Waals surface area contributed by atoms with Gasteiger partial charge in [0.25, 0.3) is 0 Å². The first-order chi connectivity index (χ1) is 9.70. The van der Waals surface area contributed by atoms with Crippen LogP contribution >= 0.6 is 22.9 Å². The fourth-order valence-electron chi connectivity index (χ4n) is 2.14. The molecular weight excluding hydrogens is 290 g/mol. The number of carbonyl (C=O) groups excluding carboxylic acids is 1. The van der Waals surface area contributed by atoms with Crippen molar-refractivity contribution >= 4 is 39.6 Å². The number of thiophene rings is 1. The fourth-order valence-corrected chi connectivity index (χ4v) is 3.40. The maximum atomic E-state index is 11.7. The summed E-state index contributed by atoms with van der Waals surface area (Å²) >= 11 is 7.71. The summed E-state index contributed by atoms with van der Waals surface area (Å²) in [5.74, 6) is 0.174. The molecule has 0 bridgehead atoms. The number of Topliss-reactive ketones (excluding diaryl/α,β-unsaturated/α-hetero) is 1. The molecule has 2 nitrogen and oxygen atoms in total. The number of carbonyl (C=O) groups is 1. The molecule has 0 N–H and O–H groups in total. The normalized spacial score (nSPS) is 10.9. The lowest BCUT2D eigenvalue weighted by Crippen LogP contribution is -1.90. The van der Waals surface area contributed by atoms with Crippen LogP contribution in [0.25, 0.3) is 21.3 Å². The van der Waals surface area contributed by atoms with Crippen molar-refractivity contribution in [2.45, 2.75) is 13.3 Å². The van der Waals surface area contributed by atoms with Crippen LogP contribution in [0, 0.1) is 0 Å². The molecule has 0 fully saturated rings. The molecule has 3 aromatic rings. The Hall–Kier alpha value is -1.71. The maximum Gasteiger partial charge on any atom is 0.172 e. The van der Waals surface area contributed by atoms with Gasteiger partial charge in [-0.1, -0.05) is 18.5 Å². The van der Waals surface area contributed by atoms with E-state index in [1.807, 2.05) is 43.3 Å². The number of hydrogen-bond acceptors (Lipinski definition) is 3. The highest BCUT2D eigenvalue weighted by molar-refractivity contribution is 7.17. The van der Waals surface area contributed by atoms with E-state index in [9.17, 15) is 4.79 Å². The minimum absolute atomic E-state index is 0.174. The zero-order chi connectivity index (χ0) is 14.1. The molecule has 0 saturated heterocycles. The third-order valence-corrected chi connectivity index (χ3v) is 4.67. The molecule has 0 amide bonds. The molecule has 0 spiro atoms. The quantitative estimate of drug-likeness (QED) is 0.622. The van der Waals surface area contributed by atoms with Gasteiger partial charge >= 0.3 is 0 Å². The Morgan fingerprint density at radius 3 is 2.90 bits per heavy atom. The zero-order valence-electron chi connectivity index (χ0n) is 10.9. The zero-order valence-corrected chi connectivity index (χ0v) is 12.5. The Labute approximate surface area is 126 Å². The first-order valence-corrected chi connectivity index (χ1v) is 7.56. The van der Waals surface area contributed by atoms with E-state index in [1.54, 1.807) is 6.20 Å². The minimum atomic E-state index is 0.174. The van der Waals surface area contributed by atoms with Gasteiger partial charge in [0, 0.05) is 28.4 Å². The number of pyridine rings is 1. The average Bonchev–Trinajstić information content (AvgIpc) is 2.97. The van der Waals surface area contributed by atoms with E-state index in [0.29, 0.717) is 11.4 Å². The molecule has 0 saturated carbocycles. The van der Waals surface area contributed by atoms with Gasteiger partial charge in [0.1, 0.15) is 0 Å². The predicted octanol–water partition coefficient (Wildman–Crippen LogP) is 5.21. The molecule has 4 heteroatoms. The molecule has 2 aromatic heterocycles. The third-order valence-electron chi connectivity index (χ3n) is 3.18. The molecule has 0 aliphatic heterocycles. The Morgan fingerprint density at radius 2 is 2.10 bits per heavy atom. The van der Waals surface area contributed by atoms with Crippen molar-refractivity contribution in [3.63, 3.8) is 0 Å². The summed E-state index contributed by atoms with van der Waals surface area (Å²) in [4.78, 5) is 18.0. The summed E-state index contributed by atoms with van der Waals surface area (Å²) in [7, 11) is 0. The second-order valence-corrected chi connectivity index (χ2v) is 5.93. The van der Waals surface area contributed by atoms with Crippen molar-refractivity contribution < 1.29 is 4.79 Å². The van der Waals surface area contributed by atoms with Crippen molar-refractivity contribution in [1.29, 1.82) is 0 Å². The van der Waals surface area contributed by atoms with Crippen LogP contribution in [0.3, 0.4) is 0 Å². The Kier molecular flexibility index (Phi) is 3.55. The molecule has 0 radical (unpaired) electrons. The fraction of sp³-hybridized carbons (Fsp3) is 0.125. The largest absolute Gasteiger partial charge is 0.293 e. The maximum absolute atomic E-state index is 11.7. The summed E-state index contributed by atoms with van der Waals surface area (Å²) in [6.45, 7) is 1.88. The highest BCUT2D eigenvalue weighted by Crippen LogP contribution is 2.35. The standard InChI is InChI=1S/C16H12ClNOS/c1-2-13(19)15-8-7-14(20-15)11-5-6-12(17)10-4-3-9-18-16(10)11/h3-9H,2H2,1H3. The summed E-state index contributed by atoms with van der Waals surface area (Å²) in [6.07, 6.45) is 2.29. The molecule has 0 aliphatic rings. The van der Waals surface area contributed by atoms with E-state index in [0.717, 1.165) is 26.2 Å². The monoisotopic (exact) mass is 301 g/mol. The second kappa shape index (κ2) is 5.35. The summed E-state index contributed by atoms with van der Waals surface area (Å²) in [6, 6.07) is 11.5. The lowest BCUT2D eigenvalue weighted by atomic mass is 10.1. The van der Waals surface area contributed by atoms with Gasteiger partial charge in [0.15, 0.2) is 5.78 Å². The lowest BCUT2D eigenvalue weighted by Gasteiger charge is -2.05. The van der Waals surface area contributed by atoms with E-state index < -0.39 is 0 Å². The van der Waals surface area contributed by atoms with Crippen LogP contribution in [0.2, 0.25) is 5.02 Å². The number of rotatable bonds is 3. The van der Waals surface area contributed by atoms with E-state index in [4.69, 9.17) is 11.6 Å². The first-order valence-electron chi connectivity index (χ1n) is 6.37. The van der Waals surface area contributed by atoms with Gasteiger partial charge < -0.3 is 0 Å². The van der Waals surface area contributed by atoms with Gasteiger partial charge in [0.05, 0.1) is 15.4 Å². The number of aromatic nitrogens is 1. The molecule has 0 unspecified atom stereocenters. The highest BCUT2D eigenvalue weighted by atomic mass is 35.5. The highest BCUT2D eigenvalue weighted by Gasteiger charge is 2.12. The molecular formula is C16H12ClNOS. The molecule has 0 atom stereocenters. The summed E-state index contributed by atoms with van der Waals surface area (Å²) in [5, 5.41) is 1.63. The topological polar surface area (TPSA) is 30.0 Å². The number of fused-ring (bicyclic) bond motifs is 1. The minimum Gasteiger partial charge on any atom is -0.293 e. The van der Waals surface area contributed by atoms with Crippen LogP contribution in [0.15, 0.2) is 42.6 Å². The van der Waals surface area contributed by atoms with Crippen molar-refractivity contribution in [3.05, 3.63) is 52.5 Å². The summed E-state index contributed by atoms with van der Waals surface area (Å²) in [5.41, 5.74) is 1.89. The number of halogens is 1. The van der Waals surface area contributed by atoms with Crippen molar-refractivity contribution in [3.8, 4) is 10.4 Å². The van der Waals surface area contributed by atoms with Crippen LogP contribution in [0.4, 0.5) is 0 Å². The average molecular weight is 302 g/mol.